The molecular weight excluding hydrogens is 184 g/mol. The summed E-state index contributed by atoms with van der Waals surface area (Å²) in [7, 11) is 0. The van der Waals surface area contributed by atoms with Crippen LogP contribution in [0, 0.1) is 5.92 Å². The molecule has 0 fully saturated rings. The summed E-state index contributed by atoms with van der Waals surface area (Å²) in [6, 6.07) is 0. The van der Waals surface area contributed by atoms with Crippen molar-refractivity contribution in [3.8, 4) is 0 Å². The average Bonchev–Trinajstić information content (AvgIpc) is 2.02. The molecule has 0 aromatic carbocycles. The van der Waals surface area contributed by atoms with Crippen LogP contribution in [0.5, 0.6) is 0 Å². The van der Waals surface area contributed by atoms with E-state index in [-0.39, 0.29) is 18.8 Å². The van der Waals surface area contributed by atoms with Gasteiger partial charge in [-0.25, -0.2) is 0 Å². The monoisotopic (exact) mass is 198 g/mol. The van der Waals surface area contributed by atoms with Crippen molar-refractivity contribution < 1.29 is 19.8 Å². The smallest absolute Gasteiger partial charge is 0.307 e. The second-order valence-electron chi connectivity index (χ2n) is 2.91. The number of hydrogen-bond donors (Lipinski definition) is 2. The van der Waals surface area contributed by atoms with E-state index in [1.807, 2.05) is 6.92 Å². The van der Waals surface area contributed by atoms with Crippen LogP contribution >= 0.6 is 0 Å². The first kappa shape index (κ1) is 12.4. The Labute approximate surface area is 82.6 Å². The summed E-state index contributed by atoms with van der Waals surface area (Å²) < 4.78 is 0. The highest BCUT2D eigenvalue weighted by Gasteiger charge is 1.94. The van der Waals surface area contributed by atoms with E-state index in [1.165, 1.54) is 0 Å². The first-order chi connectivity index (χ1) is 6.52. The fourth-order valence-electron chi connectivity index (χ4n) is 0.831. The van der Waals surface area contributed by atoms with E-state index >= 15 is 0 Å². The molecule has 4 heteroatoms. The van der Waals surface area contributed by atoms with Gasteiger partial charge in [0.15, 0.2) is 0 Å². The lowest BCUT2D eigenvalue weighted by Crippen LogP contribution is -1.92. The van der Waals surface area contributed by atoms with Gasteiger partial charge in [-0.2, -0.15) is 0 Å². The van der Waals surface area contributed by atoms with Gasteiger partial charge < -0.3 is 10.2 Å². The quantitative estimate of drug-likeness (QED) is 0.637. The van der Waals surface area contributed by atoms with Crippen LogP contribution < -0.4 is 0 Å². The first-order valence-corrected chi connectivity index (χ1v) is 4.29. The number of rotatable bonds is 6. The number of carbonyl (C=O) groups is 2. The molecule has 0 aliphatic heterocycles. The molecule has 0 heterocycles. The summed E-state index contributed by atoms with van der Waals surface area (Å²) >= 11 is 0. The summed E-state index contributed by atoms with van der Waals surface area (Å²) in [5.41, 5.74) is 0. The molecule has 0 atom stereocenters. The van der Waals surface area contributed by atoms with Crippen LogP contribution in [-0.2, 0) is 9.59 Å². The second kappa shape index (κ2) is 6.88. The Morgan fingerprint density at radius 3 is 1.71 bits per heavy atom. The minimum absolute atomic E-state index is 0.00287. The number of aliphatic carboxylic acids is 2. The van der Waals surface area contributed by atoms with Gasteiger partial charge in [0.25, 0.3) is 0 Å². The summed E-state index contributed by atoms with van der Waals surface area (Å²) in [6.45, 7) is 1.86. The van der Waals surface area contributed by atoms with E-state index in [2.05, 4.69) is 0 Å². The summed E-state index contributed by atoms with van der Waals surface area (Å²) in [5.74, 6) is -1.68. The zero-order chi connectivity index (χ0) is 11.0. The molecule has 0 saturated heterocycles. The maximum Gasteiger partial charge on any atom is 0.307 e. The molecule has 2 N–H and O–H groups in total. The molecule has 0 spiro atoms. The number of carboxylic acid groups (broad SMARTS) is 2. The SMILES string of the molecule is CC(C=CCC(=O)O)C=CCC(=O)O. The van der Waals surface area contributed by atoms with Gasteiger partial charge in [-0.3, -0.25) is 9.59 Å². The maximum absolute atomic E-state index is 10.1. The Kier molecular flexibility index (Phi) is 6.11. The molecule has 0 aliphatic carbocycles. The predicted molar refractivity (Wildman–Crippen MR) is 51.9 cm³/mol. The van der Waals surface area contributed by atoms with E-state index in [9.17, 15) is 9.59 Å². The van der Waals surface area contributed by atoms with E-state index in [4.69, 9.17) is 10.2 Å². The molecule has 0 rings (SSSR count). The zero-order valence-electron chi connectivity index (χ0n) is 8.01. The highest BCUT2D eigenvalue weighted by molar-refractivity contribution is 5.69. The average molecular weight is 198 g/mol. The Balaban J connectivity index is 3.79. The van der Waals surface area contributed by atoms with Crippen molar-refractivity contribution >= 4 is 11.9 Å². The Morgan fingerprint density at radius 1 is 1.07 bits per heavy atom. The summed E-state index contributed by atoms with van der Waals surface area (Å²) in [5, 5.41) is 16.7. The fraction of sp³-hybridized carbons (Fsp3) is 0.400. The molecule has 0 aromatic rings. The van der Waals surface area contributed by atoms with Crippen LogP contribution in [-0.4, -0.2) is 22.2 Å². The van der Waals surface area contributed by atoms with Crippen molar-refractivity contribution in [1.29, 1.82) is 0 Å². The normalized spacial score (nSPS) is 13.5. The standard InChI is InChI=1S/C10H14O4/c1-8(4-2-6-9(11)12)5-3-7-10(13)14/h2-5,8H,6-7H2,1H3,(H,11,12)(H,13,14). The molecule has 0 amide bonds. The van der Waals surface area contributed by atoms with Crippen LogP contribution in [0.3, 0.4) is 0 Å². The third-order valence-corrected chi connectivity index (χ3v) is 1.46. The van der Waals surface area contributed by atoms with Crippen LogP contribution in [0.25, 0.3) is 0 Å². The number of hydrogen-bond acceptors (Lipinski definition) is 2. The van der Waals surface area contributed by atoms with E-state index in [1.54, 1.807) is 24.3 Å². The Morgan fingerprint density at radius 2 is 1.43 bits per heavy atom. The van der Waals surface area contributed by atoms with Crippen LogP contribution in [0.1, 0.15) is 19.8 Å². The Hall–Kier alpha value is -1.58. The van der Waals surface area contributed by atoms with Crippen LogP contribution in [0.15, 0.2) is 24.3 Å². The number of allylic oxidation sites excluding steroid dienone is 2. The van der Waals surface area contributed by atoms with Gasteiger partial charge in [0, 0.05) is 0 Å². The lowest BCUT2D eigenvalue weighted by Gasteiger charge is -1.95. The molecular formula is C10H14O4. The van der Waals surface area contributed by atoms with E-state index < -0.39 is 11.9 Å². The van der Waals surface area contributed by atoms with Gasteiger partial charge in [-0.15, -0.1) is 0 Å². The van der Waals surface area contributed by atoms with Gasteiger partial charge in [0.05, 0.1) is 12.8 Å². The molecule has 0 aliphatic rings. The van der Waals surface area contributed by atoms with Crippen LogP contribution in [0.2, 0.25) is 0 Å². The second-order valence-corrected chi connectivity index (χ2v) is 2.91. The minimum Gasteiger partial charge on any atom is -0.481 e. The highest BCUT2D eigenvalue weighted by Crippen LogP contribution is 2.01. The third kappa shape index (κ3) is 8.52. The van der Waals surface area contributed by atoms with Gasteiger partial charge >= 0.3 is 11.9 Å². The molecule has 0 unspecified atom stereocenters. The molecule has 78 valence electrons. The van der Waals surface area contributed by atoms with Crippen molar-refractivity contribution in [3.63, 3.8) is 0 Å². The highest BCUT2D eigenvalue weighted by atomic mass is 16.4. The largest absolute Gasteiger partial charge is 0.481 e. The third-order valence-electron chi connectivity index (χ3n) is 1.46. The van der Waals surface area contributed by atoms with Gasteiger partial charge in [-0.05, 0) is 5.92 Å². The topological polar surface area (TPSA) is 74.6 Å². The molecule has 0 saturated carbocycles. The van der Waals surface area contributed by atoms with Gasteiger partial charge in [-0.1, -0.05) is 31.2 Å². The van der Waals surface area contributed by atoms with E-state index in [0.717, 1.165) is 0 Å². The van der Waals surface area contributed by atoms with Crippen molar-refractivity contribution in [2.24, 2.45) is 5.92 Å². The molecule has 4 nitrogen and oxygen atoms in total. The first-order valence-electron chi connectivity index (χ1n) is 4.29. The summed E-state index contributed by atoms with van der Waals surface area (Å²) in [4.78, 5) is 20.3. The van der Waals surface area contributed by atoms with Crippen molar-refractivity contribution in [1.82, 2.24) is 0 Å². The lowest BCUT2D eigenvalue weighted by molar-refractivity contribution is -0.137. The minimum atomic E-state index is -0.872. The molecule has 14 heavy (non-hydrogen) atoms. The van der Waals surface area contributed by atoms with Crippen molar-refractivity contribution in [2.45, 2.75) is 19.8 Å². The van der Waals surface area contributed by atoms with Gasteiger partial charge in [0.2, 0.25) is 0 Å². The predicted octanol–water partition coefficient (Wildman–Crippen LogP) is 1.68. The molecule has 0 radical (unpaired) electrons. The lowest BCUT2D eigenvalue weighted by atomic mass is 10.1. The summed E-state index contributed by atoms with van der Waals surface area (Å²) in [6.07, 6.45) is 6.56. The van der Waals surface area contributed by atoms with Crippen molar-refractivity contribution in [2.75, 3.05) is 0 Å². The van der Waals surface area contributed by atoms with Crippen molar-refractivity contribution in [3.05, 3.63) is 24.3 Å². The molecule has 0 bridgehead atoms. The van der Waals surface area contributed by atoms with E-state index in [0.29, 0.717) is 0 Å². The van der Waals surface area contributed by atoms with Crippen LogP contribution in [0.4, 0.5) is 0 Å². The maximum atomic E-state index is 10.1. The molecule has 0 aromatic heterocycles. The fourth-order valence-corrected chi connectivity index (χ4v) is 0.831. The zero-order valence-corrected chi connectivity index (χ0v) is 8.01. The Bertz CT molecular complexity index is 227. The number of carboxylic acids is 2. The van der Waals surface area contributed by atoms with Gasteiger partial charge in [0.1, 0.15) is 0 Å².